The summed E-state index contributed by atoms with van der Waals surface area (Å²) in [6, 6.07) is 14.0. The van der Waals surface area contributed by atoms with Gasteiger partial charge in [-0.2, -0.15) is 0 Å². The summed E-state index contributed by atoms with van der Waals surface area (Å²) in [7, 11) is 1.63. The van der Waals surface area contributed by atoms with Gasteiger partial charge >= 0.3 is 0 Å². The number of methoxy groups -OCH3 is 1. The molecule has 0 aliphatic carbocycles. The summed E-state index contributed by atoms with van der Waals surface area (Å²) >= 11 is 0. The number of aryl methyl sites for hydroxylation is 1. The topological polar surface area (TPSA) is 73.5 Å². The maximum absolute atomic E-state index is 12.4. The number of carbonyl (C=O) groups excluding carboxylic acids is 1. The van der Waals surface area contributed by atoms with Gasteiger partial charge in [0.2, 0.25) is 0 Å². The number of rotatable bonds is 5. The maximum atomic E-state index is 12.4. The number of carbonyl (C=O) groups is 1. The second kappa shape index (κ2) is 7.98. The third-order valence-corrected chi connectivity index (χ3v) is 5.42. The van der Waals surface area contributed by atoms with E-state index in [-0.39, 0.29) is 5.91 Å². The first-order valence-electron chi connectivity index (χ1n) is 9.71. The van der Waals surface area contributed by atoms with Gasteiger partial charge < -0.3 is 15.0 Å². The Labute approximate surface area is 164 Å². The number of aromatic nitrogens is 3. The molecule has 0 atom stereocenters. The minimum absolute atomic E-state index is 0.0419. The van der Waals surface area contributed by atoms with Crippen molar-refractivity contribution >= 4 is 22.6 Å². The fourth-order valence-electron chi connectivity index (χ4n) is 3.86. The second-order valence-corrected chi connectivity index (χ2v) is 7.46. The van der Waals surface area contributed by atoms with Gasteiger partial charge in [0, 0.05) is 18.5 Å². The van der Waals surface area contributed by atoms with E-state index in [0.29, 0.717) is 12.6 Å². The molecule has 3 aromatic rings. The van der Waals surface area contributed by atoms with Gasteiger partial charge in [0.1, 0.15) is 11.3 Å². The van der Waals surface area contributed by atoms with Crippen LogP contribution in [0, 0.1) is 6.92 Å². The van der Waals surface area contributed by atoms with Crippen molar-refractivity contribution < 1.29 is 14.4 Å². The molecule has 1 amide bonds. The number of fused-ring (bicyclic) bond motifs is 1. The van der Waals surface area contributed by atoms with Crippen LogP contribution in [0.5, 0.6) is 5.75 Å². The van der Waals surface area contributed by atoms with Crippen LogP contribution in [0.3, 0.4) is 0 Å². The van der Waals surface area contributed by atoms with Crippen LogP contribution >= 0.6 is 0 Å². The summed E-state index contributed by atoms with van der Waals surface area (Å²) in [4.78, 5) is 13.7. The average Bonchev–Trinajstić information content (AvgIpc) is 3.12. The lowest BCUT2D eigenvalue weighted by Gasteiger charge is -2.29. The molecule has 1 saturated heterocycles. The van der Waals surface area contributed by atoms with Gasteiger partial charge in [-0.05, 0) is 48.9 Å². The highest BCUT2D eigenvalue weighted by Crippen LogP contribution is 2.22. The van der Waals surface area contributed by atoms with E-state index in [9.17, 15) is 4.79 Å². The van der Waals surface area contributed by atoms with Gasteiger partial charge in [-0.1, -0.05) is 11.3 Å². The summed E-state index contributed by atoms with van der Waals surface area (Å²) in [5.74, 6) is 0.821. The number of nitrogens with one attached hydrogen (secondary N) is 2. The zero-order valence-electron chi connectivity index (χ0n) is 16.3. The molecule has 1 fully saturated rings. The first-order chi connectivity index (χ1) is 13.6. The number of quaternary nitrogens is 1. The van der Waals surface area contributed by atoms with Gasteiger partial charge in [0.25, 0.3) is 5.91 Å². The normalized spacial score (nSPS) is 19.5. The first-order valence-corrected chi connectivity index (χ1v) is 9.71. The van der Waals surface area contributed by atoms with E-state index in [1.165, 1.54) is 10.5 Å². The smallest absolute Gasteiger partial charge is 0.279 e. The molecule has 7 nitrogen and oxygen atoms in total. The van der Waals surface area contributed by atoms with Crippen molar-refractivity contribution in [2.24, 2.45) is 0 Å². The van der Waals surface area contributed by atoms with Crippen LogP contribution in [-0.2, 0) is 4.79 Å². The molecule has 1 aromatic heterocycles. The largest absolute Gasteiger partial charge is 0.497 e. The lowest BCUT2D eigenvalue weighted by Crippen LogP contribution is -3.14. The van der Waals surface area contributed by atoms with Crippen LogP contribution < -0.4 is 15.0 Å². The lowest BCUT2D eigenvalue weighted by molar-refractivity contribution is -0.897. The number of ether oxygens (including phenoxy) is 1. The summed E-state index contributed by atoms with van der Waals surface area (Å²) in [6.45, 7) is 4.45. The molecule has 0 saturated carbocycles. The van der Waals surface area contributed by atoms with Crippen LogP contribution in [0.1, 0.15) is 24.4 Å². The molecule has 0 bridgehead atoms. The Hall–Kier alpha value is -2.93. The number of nitrogens with zero attached hydrogens (tertiary/aromatic N) is 3. The van der Waals surface area contributed by atoms with E-state index in [4.69, 9.17) is 4.74 Å². The molecule has 7 heteroatoms. The Balaban J connectivity index is 1.31. The molecule has 146 valence electrons. The van der Waals surface area contributed by atoms with Crippen molar-refractivity contribution in [3.63, 3.8) is 0 Å². The fourth-order valence-corrected chi connectivity index (χ4v) is 3.86. The van der Waals surface area contributed by atoms with Gasteiger partial charge in [-0.15, -0.1) is 5.10 Å². The predicted octanol–water partition coefficient (Wildman–Crippen LogP) is 1.61. The number of piperidine rings is 1. The van der Waals surface area contributed by atoms with Crippen LogP contribution in [-0.4, -0.2) is 47.6 Å². The van der Waals surface area contributed by atoms with Gasteiger partial charge in [-0.25, -0.2) is 4.68 Å². The van der Waals surface area contributed by atoms with E-state index >= 15 is 0 Å². The van der Waals surface area contributed by atoms with Crippen molar-refractivity contribution in [1.29, 1.82) is 0 Å². The molecule has 0 radical (unpaired) electrons. The molecule has 1 aliphatic rings. The maximum Gasteiger partial charge on any atom is 0.279 e. The second-order valence-electron chi connectivity index (χ2n) is 7.46. The van der Waals surface area contributed by atoms with E-state index in [2.05, 4.69) is 45.4 Å². The van der Waals surface area contributed by atoms with Crippen LogP contribution in [0.4, 0.5) is 5.69 Å². The summed E-state index contributed by atoms with van der Waals surface area (Å²) < 4.78 is 7.20. The molecule has 2 N–H and O–H groups in total. The molecule has 4 rings (SSSR count). The number of likely N-dealkylation sites (tertiary alicyclic amines) is 1. The molecule has 0 spiro atoms. The third-order valence-electron chi connectivity index (χ3n) is 5.42. The SMILES string of the molecule is COc1ccc(NC(=O)C[NH+]2CCC(n3nnc4cc(C)ccc43)CC2)cc1. The number of benzene rings is 2. The molecule has 2 aromatic carbocycles. The number of anilines is 1. The number of hydrogen-bond acceptors (Lipinski definition) is 4. The molecule has 28 heavy (non-hydrogen) atoms. The van der Waals surface area contributed by atoms with E-state index in [1.807, 2.05) is 24.3 Å². The van der Waals surface area contributed by atoms with E-state index in [0.717, 1.165) is 48.4 Å². The quantitative estimate of drug-likeness (QED) is 0.705. The highest BCUT2D eigenvalue weighted by atomic mass is 16.5. The molecular weight excluding hydrogens is 354 g/mol. The molecule has 2 heterocycles. The van der Waals surface area contributed by atoms with Crippen molar-refractivity contribution in [2.45, 2.75) is 25.8 Å². The van der Waals surface area contributed by atoms with Crippen molar-refractivity contribution in [3.05, 3.63) is 48.0 Å². The Kier molecular flexibility index (Phi) is 5.25. The van der Waals surface area contributed by atoms with Gasteiger partial charge in [0.15, 0.2) is 6.54 Å². The monoisotopic (exact) mass is 380 g/mol. The number of hydrogen-bond donors (Lipinski definition) is 2. The Morgan fingerprint density at radius 2 is 1.96 bits per heavy atom. The zero-order valence-corrected chi connectivity index (χ0v) is 16.3. The predicted molar refractivity (Wildman–Crippen MR) is 108 cm³/mol. The van der Waals surface area contributed by atoms with Crippen molar-refractivity contribution in [3.8, 4) is 5.75 Å². The average molecular weight is 380 g/mol. The van der Waals surface area contributed by atoms with Gasteiger partial charge in [-0.3, -0.25) is 4.79 Å². The standard InChI is InChI=1S/C21H25N5O2/c1-15-3-8-20-19(13-15)23-24-26(20)17-9-11-25(12-10-17)14-21(27)22-16-4-6-18(28-2)7-5-16/h3-8,13,17H,9-12,14H2,1-2H3,(H,22,27)/p+1. The summed E-state index contributed by atoms with van der Waals surface area (Å²) in [5, 5.41) is 11.7. The van der Waals surface area contributed by atoms with E-state index in [1.54, 1.807) is 7.11 Å². The lowest BCUT2D eigenvalue weighted by atomic mass is 10.0. The first kappa shape index (κ1) is 18.4. The van der Waals surface area contributed by atoms with Crippen LogP contribution in [0.25, 0.3) is 11.0 Å². The minimum Gasteiger partial charge on any atom is -0.497 e. The van der Waals surface area contributed by atoms with Crippen LogP contribution in [0.2, 0.25) is 0 Å². The molecule has 0 unspecified atom stereocenters. The van der Waals surface area contributed by atoms with E-state index < -0.39 is 0 Å². The van der Waals surface area contributed by atoms with Crippen LogP contribution in [0.15, 0.2) is 42.5 Å². The Morgan fingerprint density at radius 3 is 2.68 bits per heavy atom. The third kappa shape index (κ3) is 3.99. The summed E-state index contributed by atoms with van der Waals surface area (Å²) in [6.07, 6.45) is 2.00. The molecular formula is C21H26N5O2+. The highest BCUT2D eigenvalue weighted by Gasteiger charge is 2.26. The Morgan fingerprint density at radius 1 is 1.21 bits per heavy atom. The van der Waals surface area contributed by atoms with Crippen molar-refractivity contribution in [2.75, 3.05) is 32.1 Å². The Bertz CT molecular complexity index is 959. The number of amides is 1. The van der Waals surface area contributed by atoms with Crippen molar-refractivity contribution in [1.82, 2.24) is 15.0 Å². The molecule has 1 aliphatic heterocycles. The van der Waals surface area contributed by atoms with Gasteiger partial charge in [0.05, 0.1) is 31.8 Å². The fraction of sp³-hybridized carbons (Fsp3) is 0.381. The minimum atomic E-state index is 0.0419. The summed E-state index contributed by atoms with van der Waals surface area (Å²) in [5.41, 5.74) is 4.04. The zero-order chi connectivity index (χ0) is 19.5. The highest BCUT2D eigenvalue weighted by molar-refractivity contribution is 5.91.